The smallest absolute Gasteiger partial charge is 0.236 e. The molecule has 1 fully saturated rings. The summed E-state index contributed by atoms with van der Waals surface area (Å²) >= 11 is 0. The van der Waals surface area contributed by atoms with Crippen LogP contribution < -0.4 is 4.90 Å². The summed E-state index contributed by atoms with van der Waals surface area (Å²) in [5.74, 6) is 0.980. The van der Waals surface area contributed by atoms with Crippen molar-refractivity contribution in [2.75, 3.05) is 39.6 Å². The SMILES string of the molecule is CC(C1CC1)N(C)CC(=O)N(C)Cc1ccc(N(C)C)cc1. The van der Waals surface area contributed by atoms with Crippen LogP contribution in [0.3, 0.4) is 0 Å². The molecule has 4 heteroatoms. The lowest BCUT2D eigenvalue weighted by molar-refractivity contribution is -0.131. The highest BCUT2D eigenvalue weighted by atomic mass is 16.2. The molecule has 4 nitrogen and oxygen atoms in total. The van der Waals surface area contributed by atoms with E-state index in [4.69, 9.17) is 0 Å². The summed E-state index contributed by atoms with van der Waals surface area (Å²) in [4.78, 5) is 18.4. The number of nitrogens with zero attached hydrogens (tertiary/aromatic N) is 3. The summed E-state index contributed by atoms with van der Waals surface area (Å²) in [5.41, 5.74) is 2.34. The zero-order valence-electron chi connectivity index (χ0n) is 14.5. The molecular weight excluding hydrogens is 274 g/mol. The molecule has 0 radical (unpaired) electrons. The maximum Gasteiger partial charge on any atom is 0.236 e. The van der Waals surface area contributed by atoms with E-state index < -0.39 is 0 Å². The number of likely N-dealkylation sites (N-methyl/N-ethyl adjacent to an activating group) is 2. The Kier molecular flexibility index (Phi) is 5.46. The van der Waals surface area contributed by atoms with Crippen molar-refractivity contribution in [1.29, 1.82) is 0 Å². The number of rotatable bonds is 7. The van der Waals surface area contributed by atoms with Crippen LogP contribution in [0.4, 0.5) is 5.69 Å². The van der Waals surface area contributed by atoms with Gasteiger partial charge in [0.2, 0.25) is 5.91 Å². The molecule has 0 spiro atoms. The lowest BCUT2D eigenvalue weighted by Crippen LogP contribution is -2.40. The van der Waals surface area contributed by atoms with Gasteiger partial charge in [-0.25, -0.2) is 0 Å². The molecule has 0 aromatic heterocycles. The van der Waals surface area contributed by atoms with Crippen molar-refractivity contribution in [1.82, 2.24) is 9.80 Å². The highest BCUT2D eigenvalue weighted by molar-refractivity contribution is 5.78. The molecule has 1 atom stereocenters. The molecule has 0 heterocycles. The summed E-state index contributed by atoms with van der Waals surface area (Å²) in [5, 5.41) is 0. The number of carbonyl (C=O) groups is 1. The molecular formula is C18H29N3O. The van der Waals surface area contributed by atoms with Crippen molar-refractivity contribution in [3.63, 3.8) is 0 Å². The monoisotopic (exact) mass is 303 g/mol. The standard InChI is InChI=1S/C18H29N3O/c1-14(16-8-9-16)20(4)13-18(22)21(5)12-15-6-10-17(11-7-15)19(2)3/h6-7,10-11,14,16H,8-9,12-13H2,1-5H3. The maximum atomic E-state index is 12.4. The molecule has 0 bridgehead atoms. The fourth-order valence-corrected chi connectivity index (χ4v) is 2.68. The van der Waals surface area contributed by atoms with Gasteiger partial charge in [-0.1, -0.05) is 12.1 Å². The number of anilines is 1. The third kappa shape index (κ3) is 4.47. The van der Waals surface area contributed by atoms with Gasteiger partial charge in [-0.2, -0.15) is 0 Å². The number of carbonyl (C=O) groups excluding carboxylic acids is 1. The second-order valence-electron chi connectivity index (χ2n) is 6.80. The van der Waals surface area contributed by atoms with Crippen molar-refractivity contribution >= 4 is 11.6 Å². The van der Waals surface area contributed by atoms with Crippen LogP contribution in [0.5, 0.6) is 0 Å². The second-order valence-corrected chi connectivity index (χ2v) is 6.80. The summed E-state index contributed by atoms with van der Waals surface area (Å²) < 4.78 is 0. The van der Waals surface area contributed by atoms with Crippen molar-refractivity contribution < 1.29 is 4.79 Å². The third-order valence-electron chi connectivity index (χ3n) is 4.68. The molecule has 0 saturated heterocycles. The maximum absolute atomic E-state index is 12.4. The van der Waals surface area contributed by atoms with E-state index in [0.29, 0.717) is 19.1 Å². The first-order valence-electron chi connectivity index (χ1n) is 8.09. The number of hydrogen-bond acceptors (Lipinski definition) is 3. The average Bonchev–Trinajstić information content (AvgIpc) is 3.31. The molecule has 1 aromatic carbocycles. The van der Waals surface area contributed by atoms with Gasteiger partial charge in [0.15, 0.2) is 0 Å². The minimum atomic E-state index is 0.187. The van der Waals surface area contributed by atoms with E-state index in [1.165, 1.54) is 24.1 Å². The summed E-state index contributed by atoms with van der Waals surface area (Å²) in [7, 11) is 8.00. The van der Waals surface area contributed by atoms with Crippen LogP contribution in [0, 0.1) is 5.92 Å². The second kappa shape index (κ2) is 7.14. The molecule has 0 aliphatic heterocycles. The van der Waals surface area contributed by atoms with Gasteiger partial charge in [0, 0.05) is 39.4 Å². The van der Waals surface area contributed by atoms with Crippen molar-refractivity contribution in [3.8, 4) is 0 Å². The van der Waals surface area contributed by atoms with Gasteiger partial charge in [0.25, 0.3) is 0 Å². The predicted molar refractivity (Wildman–Crippen MR) is 92.1 cm³/mol. The molecule has 1 unspecified atom stereocenters. The minimum Gasteiger partial charge on any atom is -0.378 e. The number of hydrogen-bond donors (Lipinski definition) is 0. The van der Waals surface area contributed by atoms with Crippen molar-refractivity contribution in [2.24, 2.45) is 5.92 Å². The van der Waals surface area contributed by atoms with Gasteiger partial charge in [-0.3, -0.25) is 9.69 Å². The van der Waals surface area contributed by atoms with Gasteiger partial charge >= 0.3 is 0 Å². The Hall–Kier alpha value is -1.55. The molecule has 1 aliphatic rings. The van der Waals surface area contributed by atoms with Crippen LogP contribution in [0.1, 0.15) is 25.3 Å². The highest BCUT2D eigenvalue weighted by Crippen LogP contribution is 2.34. The van der Waals surface area contributed by atoms with E-state index in [1.807, 2.05) is 26.0 Å². The molecule has 1 aromatic rings. The first kappa shape index (κ1) is 16.8. The van der Waals surface area contributed by atoms with Gasteiger partial charge in [-0.05, 0) is 50.4 Å². The lowest BCUT2D eigenvalue weighted by atomic mass is 10.2. The van der Waals surface area contributed by atoms with Crippen LogP contribution in [-0.4, -0.2) is 56.5 Å². The largest absolute Gasteiger partial charge is 0.378 e. The third-order valence-corrected chi connectivity index (χ3v) is 4.68. The molecule has 1 amide bonds. The summed E-state index contributed by atoms with van der Waals surface area (Å²) in [6.07, 6.45) is 2.63. The summed E-state index contributed by atoms with van der Waals surface area (Å²) in [6, 6.07) is 8.88. The van der Waals surface area contributed by atoms with Gasteiger partial charge < -0.3 is 9.80 Å². The molecule has 0 N–H and O–H groups in total. The number of benzene rings is 1. The zero-order valence-corrected chi connectivity index (χ0v) is 14.5. The van der Waals surface area contributed by atoms with Crippen LogP contribution in [-0.2, 0) is 11.3 Å². The lowest BCUT2D eigenvalue weighted by Gasteiger charge is -2.26. The average molecular weight is 303 g/mol. The van der Waals surface area contributed by atoms with Crippen LogP contribution in [0.25, 0.3) is 0 Å². The van der Waals surface area contributed by atoms with Crippen LogP contribution in [0.2, 0.25) is 0 Å². The summed E-state index contributed by atoms with van der Waals surface area (Å²) in [6.45, 7) is 3.40. The Labute approximate surface area is 134 Å². The van der Waals surface area contributed by atoms with Crippen LogP contribution >= 0.6 is 0 Å². The van der Waals surface area contributed by atoms with E-state index in [1.54, 1.807) is 0 Å². The highest BCUT2D eigenvalue weighted by Gasteiger charge is 2.31. The van der Waals surface area contributed by atoms with E-state index in [0.717, 1.165) is 5.92 Å². The molecule has 1 saturated carbocycles. The molecule has 2 rings (SSSR count). The number of amides is 1. The Morgan fingerprint density at radius 3 is 2.23 bits per heavy atom. The van der Waals surface area contributed by atoms with Crippen LogP contribution in [0.15, 0.2) is 24.3 Å². The Bertz CT molecular complexity index is 494. The van der Waals surface area contributed by atoms with E-state index in [2.05, 4.69) is 48.0 Å². The Morgan fingerprint density at radius 2 is 1.73 bits per heavy atom. The minimum absolute atomic E-state index is 0.187. The predicted octanol–water partition coefficient (Wildman–Crippen LogP) is 2.44. The first-order valence-corrected chi connectivity index (χ1v) is 8.09. The molecule has 1 aliphatic carbocycles. The van der Waals surface area contributed by atoms with Gasteiger partial charge in [0.1, 0.15) is 0 Å². The van der Waals surface area contributed by atoms with E-state index >= 15 is 0 Å². The van der Waals surface area contributed by atoms with Crippen molar-refractivity contribution in [2.45, 2.75) is 32.4 Å². The van der Waals surface area contributed by atoms with Gasteiger partial charge in [-0.15, -0.1) is 0 Å². The normalized spacial score (nSPS) is 15.7. The Morgan fingerprint density at radius 1 is 1.14 bits per heavy atom. The van der Waals surface area contributed by atoms with Gasteiger partial charge in [0.05, 0.1) is 6.54 Å². The zero-order chi connectivity index (χ0) is 16.3. The quantitative estimate of drug-likeness (QED) is 0.774. The van der Waals surface area contributed by atoms with E-state index in [-0.39, 0.29) is 5.91 Å². The first-order chi connectivity index (χ1) is 10.4. The van der Waals surface area contributed by atoms with Crippen molar-refractivity contribution in [3.05, 3.63) is 29.8 Å². The van der Waals surface area contributed by atoms with E-state index in [9.17, 15) is 4.79 Å². The molecule has 122 valence electrons. The topological polar surface area (TPSA) is 26.8 Å². The molecule has 22 heavy (non-hydrogen) atoms. The fourth-order valence-electron chi connectivity index (χ4n) is 2.68. The fraction of sp³-hybridized carbons (Fsp3) is 0.611. The Balaban J connectivity index is 1.84.